The fourth-order valence-electron chi connectivity index (χ4n) is 3.22. The molecule has 3 rings (SSSR count). The second kappa shape index (κ2) is 4.23. The van der Waals surface area contributed by atoms with Crippen molar-refractivity contribution >= 4 is 0 Å². The topological polar surface area (TPSA) is 35.2 Å². The van der Waals surface area contributed by atoms with Gasteiger partial charge in [-0.15, -0.1) is 0 Å². The highest BCUT2D eigenvalue weighted by molar-refractivity contribution is 5.39. The molecule has 1 saturated carbocycles. The van der Waals surface area contributed by atoms with Gasteiger partial charge >= 0.3 is 0 Å². The van der Waals surface area contributed by atoms with Crippen LogP contribution in [0.1, 0.15) is 50.6 Å². The lowest BCUT2D eigenvalue weighted by molar-refractivity contribution is 0.0169. The summed E-state index contributed by atoms with van der Waals surface area (Å²) in [5, 5.41) is 0. The van der Waals surface area contributed by atoms with Gasteiger partial charge in [-0.05, 0) is 37.5 Å². The van der Waals surface area contributed by atoms with Crippen LogP contribution in [-0.2, 0) is 0 Å². The molecule has 1 aromatic carbocycles. The van der Waals surface area contributed by atoms with E-state index in [1.807, 2.05) is 0 Å². The summed E-state index contributed by atoms with van der Waals surface area (Å²) in [6.45, 7) is 2.14. The molecule has 0 radical (unpaired) electrons. The van der Waals surface area contributed by atoms with E-state index in [9.17, 15) is 4.39 Å². The Hall–Kier alpha value is -1.09. The fraction of sp³-hybridized carbons (Fsp3) is 0.600. The number of fused-ring (bicyclic) bond motifs is 1. The normalized spacial score (nSPS) is 31.4. The highest BCUT2D eigenvalue weighted by atomic mass is 19.1. The van der Waals surface area contributed by atoms with Gasteiger partial charge in [-0.25, -0.2) is 4.39 Å². The Labute approximate surface area is 107 Å². The zero-order valence-corrected chi connectivity index (χ0v) is 10.8. The first-order valence-corrected chi connectivity index (χ1v) is 6.80. The van der Waals surface area contributed by atoms with Crippen molar-refractivity contribution in [2.45, 2.75) is 50.7 Å². The predicted octanol–water partition coefficient (Wildman–Crippen LogP) is 3.56. The molecule has 18 heavy (non-hydrogen) atoms. The standard InChI is InChI=1S/C15H20FNO/c1-15(8-10-3-2-4-10)9-13(17)12-7-11(16)5-6-14(12)18-15/h5-7,10,13H,2-4,8-9,17H2,1H3/t13-,15?/m0/s1. The van der Waals surface area contributed by atoms with Crippen molar-refractivity contribution in [2.24, 2.45) is 11.7 Å². The van der Waals surface area contributed by atoms with Crippen molar-refractivity contribution < 1.29 is 9.13 Å². The quantitative estimate of drug-likeness (QED) is 0.869. The van der Waals surface area contributed by atoms with E-state index in [0.717, 1.165) is 30.1 Å². The molecule has 1 unspecified atom stereocenters. The molecule has 1 aliphatic heterocycles. The third-order valence-corrected chi connectivity index (χ3v) is 4.32. The van der Waals surface area contributed by atoms with Gasteiger partial charge in [0, 0.05) is 18.0 Å². The summed E-state index contributed by atoms with van der Waals surface area (Å²) in [5.74, 6) is 1.30. The van der Waals surface area contributed by atoms with Gasteiger partial charge in [0.25, 0.3) is 0 Å². The van der Waals surface area contributed by atoms with E-state index in [4.69, 9.17) is 10.5 Å². The minimum atomic E-state index is -0.240. The molecule has 1 aromatic rings. The van der Waals surface area contributed by atoms with E-state index >= 15 is 0 Å². The van der Waals surface area contributed by atoms with Gasteiger partial charge in [0.05, 0.1) is 0 Å². The molecule has 1 heterocycles. The first kappa shape index (κ1) is 12.0. The second-order valence-electron chi connectivity index (χ2n) is 6.05. The van der Waals surface area contributed by atoms with Crippen LogP contribution in [0.4, 0.5) is 4.39 Å². The molecule has 2 N–H and O–H groups in total. The van der Waals surface area contributed by atoms with Crippen LogP contribution >= 0.6 is 0 Å². The summed E-state index contributed by atoms with van der Waals surface area (Å²) in [6.07, 6.45) is 5.81. The van der Waals surface area contributed by atoms with E-state index < -0.39 is 0 Å². The van der Waals surface area contributed by atoms with Crippen LogP contribution in [0.3, 0.4) is 0 Å². The monoisotopic (exact) mass is 249 g/mol. The summed E-state index contributed by atoms with van der Waals surface area (Å²) in [6, 6.07) is 4.54. The summed E-state index contributed by atoms with van der Waals surface area (Å²) < 4.78 is 19.3. The van der Waals surface area contributed by atoms with E-state index in [-0.39, 0.29) is 17.5 Å². The van der Waals surface area contributed by atoms with Crippen molar-refractivity contribution in [1.82, 2.24) is 0 Å². The lowest BCUT2D eigenvalue weighted by Crippen LogP contribution is -2.42. The van der Waals surface area contributed by atoms with Gasteiger partial charge in [-0.2, -0.15) is 0 Å². The molecule has 0 bridgehead atoms. The number of ether oxygens (including phenoxy) is 1. The number of nitrogens with two attached hydrogens (primary N) is 1. The molecular weight excluding hydrogens is 229 g/mol. The SMILES string of the molecule is CC1(CC2CCC2)C[C@H](N)c2cc(F)ccc2O1. The third-order valence-electron chi connectivity index (χ3n) is 4.32. The summed E-state index contributed by atoms with van der Waals surface area (Å²) in [4.78, 5) is 0. The van der Waals surface area contributed by atoms with E-state index in [1.54, 1.807) is 6.07 Å². The van der Waals surface area contributed by atoms with E-state index in [2.05, 4.69) is 6.92 Å². The molecule has 2 aliphatic rings. The van der Waals surface area contributed by atoms with Gasteiger partial charge in [-0.1, -0.05) is 19.3 Å². The maximum absolute atomic E-state index is 13.2. The first-order valence-electron chi connectivity index (χ1n) is 6.80. The molecule has 3 heteroatoms. The van der Waals surface area contributed by atoms with E-state index in [1.165, 1.54) is 31.4 Å². The second-order valence-corrected chi connectivity index (χ2v) is 6.05. The van der Waals surface area contributed by atoms with Crippen LogP contribution in [0.5, 0.6) is 5.75 Å². The molecule has 0 aromatic heterocycles. The smallest absolute Gasteiger partial charge is 0.125 e. The Kier molecular flexibility index (Phi) is 2.81. The van der Waals surface area contributed by atoms with Crippen molar-refractivity contribution in [2.75, 3.05) is 0 Å². The molecule has 1 aliphatic carbocycles. The van der Waals surface area contributed by atoms with Crippen LogP contribution in [0.2, 0.25) is 0 Å². The van der Waals surface area contributed by atoms with Gasteiger partial charge in [-0.3, -0.25) is 0 Å². The Balaban J connectivity index is 1.83. The average Bonchev–Trinajstić information content (AvgIpc) is 2.25. The minimum Gasteiger partial charge on any atom is -0.487 e. The summed E-state index contributed by atoms with van der Waals surface area (Å²) in [7, 11) is 0. The molecule has 0 saturated heterocycles. The Morgan fingerprint density at radius 3 is 2.89 bits per heavy atom. The Bertz CT molecular complexity index is 458. The predicted molar refractivity (Wildman–Crippen MR) is 68.9 cm³/mol. The maximum Gasteiger partial charge on any atom is 0.125 e. The number of benzene rings is 1. The van der Waals surface area contributed by atoms with Gasteiger partial charge in [0.15, 0.2) is 0 Å². The molecule has 2 atom stereocenters. The first-order chi connectivity index (χ1) is 8.56. The highest BCUT2D eigenvalue weighted by Crippen LogP contribution is 2.44. The lowest BCUT2D eigenvalue weighted by atomic mass is 9.74. The number of hydrogen-bond donors (Lipinski definition) is 1. The van der Waals surface area contributed by atoms with Gasteiger partial charge in [0.2, 0.25) is 0 Å². The van der Waals surface area contributed by atoms with Crippen LogP contribution < -0.4 is 10.5 Å². The van der Waals surface area contributed by atoms with Crippen LogP contribution in [0, 0.1) is 11.7 Å². The van der Waals surface area contributed by atoms with Crippen LogP contribution in [-0.4, -0.2) is 5.60 Å². The van der Waals surface area contributed by atoms with Gasteiger partial charge in [0.1, 0.15) is 17.2 Å². The van der Waals surface area contributed by atoms with Crippen molar-refractivity contribution in [3.8, 4) is 5.75 Å². The molecule has 2 nitrogen and oxygen atoms in total. The maximum atomic E-state index is 13.2. The Morgan fingerprint density at radius 2 is 2.22 bits per heavy atom. The van der Waals surface area contributed by atoms with Crippen molar-refractivity contribution in [1.29, 1.82) is 0 Å². The fourth-order valence-corrected chi connectivity index (χ4v) is 3.22. The molecule has 0 spiro atoms. The number of rotatable bonds is 2. The molecule has 98 valence electrons. The summed E-state index contributed by atoms with van der Waals surface area (Å²) in [5.41, 5.74) is 6.80. The van der Waals surface area contributed by atoms with Crippen molar-refractivity contribution in [3.63, 3.8) is 0 Å². The summed E-state index contributed by atoms with van der Waals surface area (Å²) >= 11 is 0. The molecule has 1 fully saturated rings. The highest BCUT2D eigenvalue weighted by Gasteiger charge is 2.38. The Morgan fingerprint density at radius 1 is 1.44 bits per heavy atom. The van der Waals surface area contributed by atoms with Gasteiger partial charge < -0.3 is 10.5 Å². The zero-order chi connectivity index (χ0) is 12.8. The number of halogens is 1. The van der Waals surface area contributed by atoms with Crippen LogP contribution in [0.15, 0.2) is 18.2 Å². The van der Waals surface area contributed by atoms with Crippen molar-refractivity contribution in [3.05, 3.63) is 29.6 Å². The van der Waals surface area contributed by atoms with E-state index in [0.29, 0.717) is 0 Å². The van der Waals surface area contributed by atoms with Crippen LogP contribution in [0.25, 0.3) is 0 Å². The molecule has 0 amide bonds. The minimum absolute atomic E-state index is 0.116. The lowest BCUT2D eigenvalue weighted by Gasteiger charge is -2.42. The number of hydrogen-bond acceptors (Lipinski definition) is 2. The average molecular weight is 249 g/mol. The third kappa shape index (κ3) is 2.12. The zero-order valence-electron chi connectivity index (χ0n) is 10.8. The molecular formula is C15H20FNO. The largest absolute Gasteiger partial charge is 0.487 e.